The Morgan fingerprint density at radius 1 is 1.33 bits per heavy atom. The van der Waals surface area contributed by atoms with Gasteiger partial charge >= 0.3 is 6.09 Å². The molecule has 1 amide bonds. The van der Waals surface area contributed by atoms with Gasteiger partial charge in [-0.2, -0.15) is 0 Å². The molecule has 2 rings (SSSR count). The lowest BCUT2D eigenvalue weighted by Gasteiger charge is -2.28. The Morgan fingerprint density at radius 2 is 2.07 bits per heavy atom. The Morgan fingerprint density at radius 3 is 2.73 bits per heavy atom. The fraction of sp³-hybridized carbons (Fsp3) is 0.909. The van der Waals surface area contributed by atoms with E-state index in [1.807, 2.05) is 4.90 Å². The molecule has 1 heterocycles. The minimum Gasteiger partial charge on any atom is -0.444 e. The Hall–Kier alpha value is -0.440. The van der Waals surface area contributed by atoms with E-state index in [0.29, 0.717) is 11.9 Å². The van der Waals surface area contributed by atoms with E-state index in [9.17, 15) is 4.79 Å². The van der Waals surface area contributed by atoms with Gasteiger partial charge in [0, 0.05) is 11.9 Å². The van der Waals surface area contributed by atoms with Gasteiger partial charge in [-0.3, -0.25) is 0 Å². The van der Waals surface area contributed by atoms with Gasteiger partial charge < -0.3 is 9.64 Å². The maximum atomic E-state index is 11.6. The van der Waals surface area contributed by atoms with Crippen LogP contribution in [-0.4, -0.2) is 35.6 Å². The van der Waals surface area contributed by atoms with Crippen molar-refractivity contribution in [3.63, 3.8) is 0 Å². The van der Waals surface area contributed by atoms with Gasteiger partial charge in [0.15, 0.2) is 0 Å². The number of ether oxygens (including phenoxy) is 1. The first-order valence-corrected chi connectivity index (χ1v) is 6.38. The Bertz CT molecular complexity index is 229. The maximum absolute atomic E-state index is 11.6. The molecule has 0 spiro atoms. The first-order valence-electron chi connectivity index (χ1n) is 5.84. The highest BCUT2D eigenvalue weighted by Gasteiger charge is 2.35. The standard InChI is InChI=1S/C11H18ClNO2/c12-7-6-10-8-13(11(14)15-10)9-4-2-1-3-5-9/h9-10H,1-8H2. The summed E-state index contributed by atoms with van der Waals surface area (Å²) in [6, 6.07) is 0.423. The molecule has 0 bridgehead atoms. The van der Waals surface area contributed by atoms with Gasteiger partial charge in [-0.25, -0.2) is 4.79 Å². The van der Waals surface area contributed by atoms with Crippen LogP contribution in [0.3, 0.4) is 0 Å². The lowest BCUT2D eigenvalue weighted by atomic mass is 9.94. The predicted octanol–water partition coefficient (Wildman–Crippen LogP) is 2.77. The number of carbonyl (C=O) groups excluding carboxylic acids is 1. The average Bonchev–Trinajstić information content (AvgIpc) is 2.61. The summed E-state index contributed by atoms with van der Waals surface area (Å²) in [5.74, 6) is 0.566. The van der Waals surface area contributed by atoms with E-state index in [1.165, 1.54) is 19.3 Å². The van der Waals surface area contributed by atoms with Gasteiger partial charge in [-0.05, 0) is 19.3 Å². The summed E-state index contributed by atoms with van der Waals surface area (Å²) in [7, 11) is 0. The third-order valence-electron chi connectivity index (χ3n) is 3.35. The molecule has 2 aliphatic rings. The molecule has 3 nitrogen and oxygen atoms in total. The number of rotatable bonds is 3. The first-order chi connectivity index (χ1) is 7.31. The van der Waals surface area contributed by atoms with Crippen LogP contribution in [0.15, 0.2) is 0 Å². The Balaban J connectivity index is 1.89. The Labute approximate surface area is 95.7 Å². The minimum absolute atomic E-state index is 0.0249. The molecule has 0 N–H and O–H groups in total. The van der Waals surface area contributed by atoms with Crippen molar-refractivity contribution in [2.45, 2.75) is 50.7 Å². The minimum atomic E-state index is -0.128. The van der Waals surface area contributed by atoms with Gasteiger partial charge in [0.1, 0.15) is 6.10 Å². The molecule has 1 aliphatic heterocycles. The number of hydrogen-bond acceptors (Lipinski definition) is 2. The summed E-state index contributed by atoms with van der Waals surface area (Å²) in [5.41, 5.74) is 0. The van der Waals surface area contributed by atoms with E-state index in [2.05, 4.69) is 0 Å². The van der Waals surface area contributed by atoms with Crippen LogP contribution in [0.2, 0.25) is 0 Å². The van der Waals surface area contributed by atoms with Crippen molar-refractivity contribution in [3.8, 4) is 0 Å². The van der Waals surface area contributed by atoms with Crippen LogP contribution in [0.25, 0.3) is 0 Å². The van der Waals surface area contributed by atoms with Gasteiger partial charge in [0.05, 0.1) is 6.54 Å². The molecule has 86 valence electrons. The van der Waals surface area contributed by atoms with Gasteiger partial charge in [-0.1, -0.05) is 19.3 Å². The molecular weight excluding hydrogens is 214 g/mol. The lowest BCUT2D eigenvalue weighted by Crippen LogP contribution is -2.37. The van der Waals surface area contributed by atoms with Crippen molar-refractivity contribution in [2.75, 3.05) is 12.4 Å². The molecule has 4 heteroatoms. The number of alkyl halides is 1. The normalized spacial score (nSPS) is 28.2. The second kappa shape index (κ2) is 5.06. The van der Waals surface area contributed by atoms with Gasteiger partial charge in [0.25, 0.3) is 0 Å². The summed E-state index contributed by atoms with van der Waals surface area (Å²) in [4.78, 5) is 13.5. The van der Waals surface area contributed by atoms with Crippen LogP contribution in [0.5, 0.6) is 0 Å². The molecule has 1 saturated carbocycles. The third-order valence-corrected chi connectivity index (χ3v) is 3.57. The van der Waals surface area contributed by atoms with Crippen molar-refractivity contribution in [1.29, 1.82) is 0 Å². The second-order valence-electron chi connectivity index (χ2n) is 4.43. The summed E-state index contributed by atoms with van der Waals surface area (Å²) in [6.45, 7) is 0.746. The molecule has 15 heavy (non-hydrogen) atoms. The fourth-order valence-electron chi connectivity index (χ4n) is 2.50. The molecule has 2 fully saturated rings. The molecule has 1 unspecified atom stereocenters. The molecule has 0 radical (unpaired) electrons. The first kappa shape index (κ1) is 11.1. The third kappa shape index (κ3) is 2.57. The summed E-state index contributed by atoms with van der Waals surface area (Å²) in [6.07, 6.45) is 6.75. The van der Waals surface area contributed by atoms with Crippen molar-refractivity contribution in [2.24, 2.45) is 0 Å². The SMILES string of the molecule is O=C1OC(CCCl)CN1C1CCCCC1. The van der Waals surface area contributed by atoms with Crippen molar-refractivity contribution in [1.82, 2.24) is 4.90 Å². The fourth-order valence-corrected chi connectivity index (χ4v) is 2.75. The zero-order valence-corrected chi connectivity index (χ0v) is 9.71. The van der Waals surface area contributed by atoms with Crippen LogP contribution >= 0.6 is 11.6 Å². The smallest absolute Gasteiger partial charge is 0.410 e. The van der Waals surface area contributed by atoms with Gasteiger partial charge in [-0.15, -0.1) is 11.6 Å². The quantitative estimate of drug-likeness (QED) is 0.699. The summed E-state index contributed by atoms with van der Waals surface area (Å²) >= 11 is 5.65. The monoisotopic (exact) mass is 231 g/mol. The summed E-state index contributed by atoms with van der Waals surface area (Å²) < 4.78 is 5.27. The molecule has 0 aromatic carbocycles. The van der Waals surface area contributed by atoms with Crippen molar-refractivity contribution < 1.29 is 9.53 Å². The highest BCUT2D eigenvalue weighted by Crippen LogP contribution is 2.27. The van der Waals surface area contributed by atoms with Crippen LogP contribution in [-0.2, 0) is 4.74 Å². The van der Waals surface area contributed by atoms with E-state index < -0.39 is 0 Å². The highest BCUT2D eigenvalue weighted by molar-refractivity contribution is 6.17. The van der Waals surface area contributed by atoms with Crippen LogP contribution in [0.1, 0.15) is 38.5 Å². The number of halogens is 1. The number of carbonyl (C=O) groups is 1. The second-order valence-corrected chi connectivity index (χ2v) is 4.81. The molecule has 0 aromatic rings. The summed E-state index contributed by atoms with van der Waals surface area (Å²) in [5, 5.41) is 0. The van der Waals surface area contributed by atoms with Crippen LogP contribution in [0, 0.1) is 0 Å². The zero-order valence-electron chi connectivity index (χ0n) is 8.95. The number of cyclic esters (lactones) is 1. The predicted molar refractivity (Wildman–Crippen MR) is 59.2 cm³/mol. The van der Waals surface area contributed by atoms with Crippen LogP contribution in [0.4, 0.5) is 4.79 Å². The van der Waals surface area contributed by atoms with Crippen LogP contribution < -0.4 is 0 Å². The lowest BCUT2D eigenvalue weighted by molar-refractivity contribution is 0.123. The van der Waals surface area contributed by atoms with E-state index >= 15 is 0 Å². The molecule has 0 aromatic heterocycles. The molecule has 1 saturated heterocycles. The highest BCUT2D eigenvalue weighted by atomic mass is 35.5. The maximum Gasteiger partial charge on any atom is 0.410 e. The molecular formula is C11H18ClNO2. The molecule has 1 atom stereocenters. The number of amides is 1. The van der Waals surface area contributed by atoms with Crippen molar-refractivity contribution >= 4 is 17.7 Å². The number of nitrogens with zero attached hydrogens (tertiary/aromatic N) is 1. The van der Waals surface area contributed by atoms with E-state index in [4.69, 9.17) is 16.3 Å². The van der Waals surface area contributed by atoms with Crippen molar-refractivity contribution in [3.05, 3.63) is 0 Å². The van der Waals surface area contributed by atoms with E-state index in [-0.39, 0.29) is 12.2 Å². The number of hydrogen-bond donors (Lipinski definition) is 0. The van der Waals surface area contributed by atoms with Gasteiger partial charge in [0.2, 0.25) is 0 Å². The topological polar surface area (TPSA) is 29.5 Å². The molecule has 1 aliphatic carbocycles. The average molecular weight is 232 g/mol. The van der Waals surface area contributed by atoms with E-state index in [1.54, 1.807) is 0 Å². The van der Waals surface area contributed by atoms with E-state index in [0.717, 1.165) is 25.8 Å². The largest absolute Gasteiger partial charge is 0.444 e. The Kier molecular flexibility index (Phi) is 3.73. The zero-order chi connectivity index (χ0) is 10.7.